The van der Waals surface area contributed by atoms with Gasteiger partial charge >= 0.3 is 0 Å². The van der Waals surface area contributed by atoms with Crippen LogP contribution >= 0.6 is 11.6 Å². The second-order valence-electron chi connectivity index (χ2n) is 8.54. The van der Waals surface area contributed by atoms with Crippen LogP contribution in [0.3, 0.4) is 0 Å². The Morgan fingerprint density at radius 3 is 2.61 bits per heavy atom. The second kappa shape index (κ2) is 8.12. The van der Waals surface area contributed by atoms with Crippen molar-refractivity contribution in [3.8, 4) is 5.88 Å². The average molecular weight is 438 g/mol. The van der Waals surface area contributed by atoms with E-state index in [9.17, 15) is 4.39 Å². The van der Waals surface area contributed by atoms with E-state index in [1.165, 1.54) is 6.07 Å². The van der Waals surface area contributed by atoms with Crippen molar-refractivity contribution in [1.29, 1.82) is 0 Å². The van der Waals surface area contributed by atoms with Crippen LogP contribution in [0.25, 0.3) is 21.8 Å². The van der Waals surface area contributed by atoms with E-state index in [1.807, 2.05) is 28.9 Å². The highest BCUT2D eigenvalue weighted by atomic mass is 35.5. The molecule has 1 aliphatic carbocycles. The lowest BCUT2D eigenvalue weighted by molar-refractivity contribution is 0.218. The van der Waals surface area contributed by atoms with Gasteiger partial charge in [0.25, 0.3) is 0 Å². The number of fused-ring (bicyclic) bond motifs is 2. The first kappa shape index (κ1) is 20.3. The Labute approximate surface area is 186 Å². The Hall–Kier alpha value is -2.66. The first-order chi connectivity index (χ1) is 15.0. The lowest BCUT2D eigenvalue weighted by atomic mass is 9.77. The lowest BCUT2D eigenvalue weighted by Gasteiger charge is -2.32. The number of benzene rings is 2. The van der Waals surface area contributed by atoms with Crippen molar-refractivity contribution in [2.75, 3.05) is 7.11 Å². The predicted molar refractivity (Wildman–Crippen MR) is 122 cm³/mol. The highest BCUT2D eigenvalue weighted by Gasteiger charge is 2.30. The average Bonchev–Trinajstić information content (AvgIpc) is 3.16. The Balaban J connectivity index is 1.33. The first-order valence-corrected chi connectivity index (χ1v) is 11.2. The molecule has 2 aromatic carbocycles. The maximum absolute atomic E-state index is 13.4. The van der Waals surface area contributed by atoms with Gasteiger partial charge < -0.3 is 4.74 Å². The number of methoxy groups -OCH3 is 1. The van der Waals surface area contributed by atoms with E-state index in [1.54, 1.807) is 19.2 Å². The fraction of sp³-hybridized carbons (Fsp3) is 0.360. The zero-order chi connectivity index (χ0) is 21.5. The zero-order valence-electron chi connectivity index (χ0n) is 17.7. The van der Waals surface area contributed by atoms with E-state index < -0.39 is 0 Å². The van der Waals surface area contributed by atoms with Crippen molar-refractivity contribution in [1.82, 2.24) is 14.8 Å². The van der Waals surface area contributed by atoms with Crippen LogP contribution in [0, 0.1) is 11.7 Å². The topological polar surface area (TPSA) is 39.9 Å². The Morgan fingerprint density at radius 2 is 1.84 bits per heavy atom. The third-order valence-electron chi connectivity index (χ3n) is 6.74. The molecule has 0 N–H and O–H groups in total. The van der Waals surface area contributed by atoms with Crippen molar-refractivity contribution in [2.45, 2.75) is 44.6 Å². The van der Waals surface area contributed by atoms with Crippen LogP contribution in [0.5, 0.6) is 5.88 Å². The van der Waals surface area contributed by atoms with Crippen LogP contribution in [0.2, 0.25) is 5.02 Å². The van der Waals surface area contributed by atoms with Crippen LogP contribution in [-0.4, -0.2) is 21.9 Å². The molecule has 160 valence electrons. The van der Waals surface area contributed by atoms with Gasteiger partial charge in [-0.05, 0) is 81.0 Å². The number of hydrogen-bond donors (Lipinski definition) is 0. The highest BCUT2D eigenvalue weighted by Crippen LogP contribution is 2.42. The molecule has 5 rings (SSSR count). The maximum Gasteiger partial charge on any atom is 0.219 e. The molecule has 1 saturated carbocycles. The molecule has 2 aromatic heterocycles. The third kappa shape index (κ3) is 3.76. The van der Waals surface area contributed by atoms with Crippen LogP contribution in [0.15, 0.2) is 48.5 Å². The lowest BCUT2D eigenvalue weighted by Crippen LogP contribution is -2.23. The number of rotatable bonds is 4. The molecule has 31 heavy (non-hydrogen) atoms. The summed E-state index contributed by atoms with van der Waals surface area (Å²) < 4.78 is 21.2. The molecule has 1 aliphatic rings. The summed E-state index contributed by atoms with van der Waals surface area (Å²) in [5.74, 6) is 1.53. The van der Waals surface area contributed by atoms with Gasteiger partial charge in [0.1, 0.15) is 5.82 Å². The Kier molecular flexibility index (Phi) is 5.30. The summed E-state index contributed by atoms with van der Waals surface area (Å²) in [6.45, 7) is 2.23. The molecular formula is C25H25ClFN3O. The fourth-order valence-corrected chi connectivity index (χ4v) is 5.14. The van der Waals surface area contributed by atoms with Crippen LogP contribution < -0.4 is 4.74 Å². The predicted octanol–water partition coefficient (Wildman–Crippen LogP) is 6.92. The molecule has 0 radical (unpaired) electrons. The molecule has 0 saturated heterocycles. The van der Waals surface area contributed by atoms with Gasteiger partial charge in [-0.25, -0.2) is 9.07 Å². The standard InChI is InChI=1S/C25H25ClFN3O/c1-15(30-25(31-2)21-10-8-19(26)14-24(21)29-30)16-3-5-17(6-4-16)22-11-7-18-13-20(27)9-12-23(18)28-22/h7-17H,3-6H2,1-2H3. The molecule has 0 amide bonds. The van der Waals surface area contributed by atoms with Crippen molar-refractivity contribution < 1.29 is 9.13 Å². The van der Waals surface area contributed by atoms with Gasteiger partial charge in [0.05, 0.1) is 29.6 Å². The molecule has 6 heteroatoms. The van der Waals surface area contributed by atoms with Gasteiger partial charge in [0.15, 0.2) is 0 Å². The summed E-state index contributed by atoms with van der Waals surface area (Å²) in [4.78, 5) is 4.82. The number of nitrogens with zero attached hydrogens (tertiary/aromatic N) is 3. The van der Waals surface area contributed by atoms with Crippen molar-refractivity contribution in [2.24, 2.45) is 5.92 Å². The zero-order valence-corrected chi connectivity index (χ0v) is 18.4. The van der Waals surface area contributed by atoms with E-state index in [4.69, 9.17) is 26.4 Å². The van der Waals surface area contributed by atoms with E-state index >= 15 is 0 Å². The van der Waals surface area contributed by atoms with Gasteiger partial charge in [-0.15, -0.1) is 0 Å². The SMILES string of the molecule is COc1c2ccc(Cl)cc2nn1C(C)C1CCC(c2ccc3cc(F)ccc3n2)CC1. The summed E-state index contributed by atoms with van der Waals surface area (Å²) in [5, 5.41) is 7.32. The van der Waals surface area contributed by atoms with E-state index in [2.05, 4.69) is 13.0 Å². The van der Waals surface area contributed by atoms with Crippen molar-refractivity contribution in [3.05, 3.63) is 65.1 Å². The molecule has 1 fully saturated rings. The number of pyridine rings is 1. The summed E-state index contributed by atoms with van der Waals surface area (Å²) >= 11 is 6.16. The quantitative estimate of drug-likeness (QED) is 0.348. The number of halogens is 2. The van der Waals surface area contributed by atoms with Gasteiger partial charge in [0, 0.05) is 22.0 Å². The Morgan fingerprint density at radius 1 is 1.03 bits per heavy atom. The van der Waals surface area contributed by atoms with Crippen molar-refractivity contribution in [3.63, 3.8) is 0 Å². The van der Waals surface area contributed by atoms with Gasteiger partial charge in [0.2, 0.25) is 5.88 Å². The summed E-state index contributed by atoms with van der Waals surface area (Å²) in [6.07, 6.45) is 4.39. The first-order valence-electron chi connectivity index (χ1n) is 10.8. The minimum atomic E-state index is -0.222. The van der Waals surface area contributed by atoms with Gasteiger partial charge in [-0.2, -0.15) is 5.10 Å². The molecule has 4 aromatic rings. The molecular weight excluding hydrogens is 413 g/mol. The monoisotopic (exact) mass is 437 g/mol. The van der Waals surface area contributed by atoms with E-state index in [0.29, 0.717) is 16.9 Å². The normalized spacial score (nSPS) is 20.3. The highest BCUT2D eigenvalue weighted by molar-refractivity contribution is 6.31. The molecule has 1 atom stereocenters. The smallest absolute Gasteiger partial charge is 0.219 e. The molecule has 4 nitrogen and oxygen atoms in total. The minimum absolute atomic E-state index is 0.222. The second-order valence-corrected chi connectivity index (χ2v) is 8.98. The summed E-state index contributed by atoms with van der Waals surface area (Å²) in [6, 6.07) is 14.8. The Bertz CT molecular complexity index is 1250. The largest absolute Gasteiger partial charge is 0.481 e. The van der Waals surface area contributed by atoms with Crippen LogP contribution in [-0.2, 0) is 0 Å². The van der Waals surface area contributed by atoms with Gasteiger partial charge in [-0.1, -0.05) is 17.7 Å². The van der Waals surface area contributed by atoms with E-state index in [-0.39, 0.29) is 11.9 Å². The van der Waals surface area contributed by atoms with Crippen LogP contribution in [0.1, 0.15) is 50.3 Å². The molecule has 2 heterocycles. The minimum Gasteiger partial charge on any atom is -0.481 e. The number of ether oxygens (including phenoxy) is 1. The molecule has 0 spiro atoms. The van der Waals surface area contributed by atoms with Crippen LogP contribution in [0.4, 0.5) is 4.39 Å². The third-order valence-corrected chi connectivity index (χ3v) is 6.97. The number of aromatic nitrogens is 3. The maximum atomic E-state index is 13.4. The molecule has 0 aliphatic heterocycles. The van der Waals surface area contributed by atoms with Gasteiger partial charge in [-0.3, -0.25) is 4.98 Å². The molecule has 1 unspecified atom stereocenters. The molecule has 0 bridgehead atoms. The summed E-state index contributed by atoms with van der Waals surface area (Å²) in [5.41, 5.74) is 2.84. The fourth-order valence-electron chi connectivity index (χ4n) is 4.97. The van der Waals surface area contributed by atoms with E-state index in [0.717, 1.165) is 59.1 Å². The van der Waals surface area contributed by atoms with Crippen molar-refractivity contribution >= 4 is 33.4 Å². The summed E-state index contributed by atoms with van der Waals surface area (Å²) in [7, 11) is 1.70. The number of hydrogen-bond acceptors (Lipinski definition) is 3.